The fourth-order valence-corrected chi connectivity index (χ4v) is 4.69. The van der Waals surface area contributed by atoms with Crippen LogP contribution in [0.4, 0.5) is 0 Å². The molecule has 0 saturated carbocycles. The summed E-state index contributed by atoms with van der Waals surface area (Å²) in [6.07, 6.45) is 0. The summed E-state index contributed by atoms with van der Waals surface area (Å²) in [5.41, 5.74) is 3.09. The van der Waals surface area contributed by atoms with Gasteiger partial charge in [-0.3, -0.25) is 4.79 Å². The molecule has 1 aromatic heterocycles. The first-order valence-corrected chi connectivity index (χ1v) is 10.5. The van der Waals surface area contributed by atoms with E-state index >= 15 is 0 Å². The first-order chi connectivity index (χ1) is 11.8. The molecular weight excluding hydrogens is 370 g/mol. The Kier molecular flexibility index (Phi) is 5.46. The minimum atomic E-state index is -3.65. The molecule has 2 rings (SSSR count). The van der Waals surface area contributed by atoms with Crippen LogP contribution in [0.5, 0.6) is 0 Å². The van der Waals surface area contributed by atoms with Crippen LogP contribution >= 0.6 is 11.6 Å². The summed E-state index contributed by atoms with van der Waals surface area (Å²) in [4.78, 5) is 15.5. The van der Waals surface area contributed by atoms with E-state index in [-0.39, 0.29) is 10.3 Å². The third-order valence-corrected chi connectivity index (χ3v) is 7.11. The van der Waals surface area contributed by atoms with E-state index in [0.29, 0.717) is 16.4 Å². The van der Waals surface area contributed by atoms with Crippen LogP contribution in [-0.2, 0) is 15.3 Å². The Morgan fingerprint density at radius 1 is 1.08 bits per heavy atom. The third-order valence-electron chi connectivity index (χ3n) is 4.48. The van der Waals surface area contributed by atoms with Crippen molar-refractivity contribution >= 4 is 21.4 Å². The molecule has 0 spiro atoms. The predicted octanol–water partition coefficient (Wildman–Crippen LogP) is 4.79. The molecule has 1 heterocycles. The normalized spacial score (nSPS) is 12.7. The second-order valence-electron chi connectivity index (χ2n) is 7.99. The van der Waals surface area contributed by atoms with Gasteiger partial charge >= 0.3 is 0 Å². The molecule has 0 radical (unpaired) electrons. The lowest BCUT2D eigenvalue weighted by Crippen LogP contribution is -2.24. The first-order valence-electron chi connectivity index (χ1n) is 8.55. The first kappa shape index (κ1) is 20.7. The van der Waals surface area contributed by atoms with Gasteiger partial charge in [0.1, 0.15) is 4.90 Å². The van der Waals surface area contributed by atoms with Crippen molar-refractivity contribution in [2.45, 2.75) is 64.0 Å². The zero-order valence-electron chi connectivity index (χ0n) is 16.3. The fourth-order valence-electron chi connectivity index (χ4n) is 2.96. The minimum absolute atomic E-state index is 0.0983. The van der Waals surface area contributed by atoms with Crippen LogP contribution < -0.4 is 5.43 Å². The van der Waals surface area contributed by atoms with Crippen LogP contribution in [-0.4, -0.2) is 18.7 Å². The summed E-state index contributed by atoms with van der Waals surface area (Å²) in [5.74, 6) is 0. The summed E-state index contributed by atoms with van der Waals surface area (Å²) in [6, 6.07) is 5.20. The number of rotatable bonds is 3. The Morgan fingerprint density at radius 2 is 1.65 bits per heavy atom. The van der Waals surface area contributed by atoms with Crippen molar-refractivity contribution in [1.29, 1.82) is 0 Å². The van der Waals surface area contributed by atoms with Gasteiger partial charge in [0.05, 0.1) is 5.25 Å². The van der Waals surface area contributed by atoms with Crippen LogP contribution in [0.3, 0.4) is 0 Å². The van der Waals surface area contributed by atoms with Crippen LogP contribution in [0.2, 0.25) is 5.02 Å². The zero-order valence-corrected chi connectivity index (χ0v) is 17.9. The highest BCUT2D eigenvalue weighted by Crippen LogP contribution is 2.35. The lowest BCUT2D eigenvalue weighted by molar-refractivity contribution is 0.585. The number of aromatic amines is 1. The van der Waals surface area contributed by atoms with E-state index in [9.17, 15) is 13.2 Å². The number of hydrogen-bond acceptors (Lipinski definition) is 3. The van der Waals surface area contributed by atoms with Gasteiger partial charge in [-0.15, -0.1) is 0 Å². The van der Waals surface area contributed by atoms with Gasteiger partial charge in [-0.25, -0.2) is 8.42 Å². The molecule has 0 amide bonds. The second-order valence-corrected chi connectivity index (χ2v) is 10.8. The molecule has 0 aliphatic rings. The van der Waals surface area contributed by atoms with Crippen molar-refractivity contribution in [3.8, 4) is 11.3 Å². The topological polar surface area (TPSA) is 67.0 Å². The van der Waals surface area contributed by atoms with Crippen molar-refractivity contribution < 1.29 is 8.42 Å². The molecule has 0 aliphatic heterocycles. The molecule has 1 N–H and O–H groups in total. The number of hydrogen-bond donors (Lipinski definition) is 1. The Morgan fingerprint density at radius 3 is 2.12 bits per heavy atom. The van der Waals surface area contributed by atoms with Gasteiger partial charge in [-0.1, -0.05) is 38.4 Å². The van der Waals surface area contributed by atoms with E-state index in [1.54, 1.807) is 20.8 Å². The van der Waals surface area contributed by atoms with Gasteiger partial charge in [0.15, 0.2) is 9.84 Å². The Labute approximate surface area is 160 Å². The molecule has 2 aromatic rings. The fraction of sp³-hybridized carbons (Fsp3) is 0.450. The average molecular weight is 396 g/mol. The van der Waals surface area contributed by atoms with Crippen LogP contribution in [0.15, 0.2) is 27.9 Å². The largest absolute Gasteiger partial charge is 0.357 e. The lowest BCUT2D eigenvalue weighted by atomic mass is 9.85. The van der Waals surface area contributed by atoms with Crippen molar-refractivity contribution in [2.75, 3.05) is 0 Å². The summed E-state index contributed by atoms with van der Waals surface area (Å²) >= 11 is 6.47. The van der Waals surface area contributed by atoms with Gasteiger partial charge in [0, 0.05) is 28.0 Å². The van der Waals surface area contributed by atoms with Crippen molar-refractivity contribution in [3.63, 3.8) is 0 Å². The molecule has 26 heavy (non-hydrogen) atoms. The van der Waals surface area contributed by atoms with Crippen molar-refractivity contribution in [2.24, 2.45) is 0 Å². The molecule has 142 valence electrons. The van der Waals surface area contributed by atoms with Crippen LogP contribution in [0.25, 0.3) is 11.3 Å². The molecule has 0 atom stereocenters. The molecule has 4 nitrogen and oxygen atoms in total. The number of sulfone groups is 1. The van der Waals surface area contributed by atoms with Gasteiger partial charge in [0.25, 0.3) is 0 Å². The van der Waals surface area contributed by atoms with Crippen molar-refractivity contribution in [3.05, 3.63) is 50.3 Å². The smallest absolute Gasteiger partial charge is 0.201 e. The van der Waals surface area contributed by atoms with Gasteiger partial charge in [0.2, 0.25) is 5.43 Å². The molecular formula is C20H26ClNO3S. The Hall–Kier alpha value is -1.59. The summed E-state index contributed by atoms with van der Waals surface area (Å²) in [6.45, 7) is 13.0. The number of nitrogens with one attached hydrogen (secondary N) is 1. The van der Waals surface area contributed by atoms with E-state index in [1.807, 2.05) is 19.1 Å². The Balaban J connectivity index is 2.70. The highest BCUT2D eigenvalue weighted by Gasteiger charge is 2.26. The number of aromatic nitrogens is 1. The minimum Gasteiger partial charge on any atom is -0.357 e. The second kappa shape index (κ2) is 6.86. The maximum Gasteiger partial charge on any atom is 0.201 e. The van der Waals surface area contributed by atoms with E-state index in [4.69, 9.17) is 11.6 Å². The SMILES string of the molecule is Cc1cc(C(C)(C)C)c(Cl)cc1-c1cc(=O)c(S(=O)(=O)C(C)C)c(C)[nH]1. The van der Waals surface area contributed by atoms with Gasteiger partial charge < -0.3 is 4.98 Å². The molecule has 0 unspecified atom stereocenters. The van der Waals surface area contributed by atoms with Crippen LogP contribution in [0.1, 0.15) is 51.4 Å². The van der Waals surface area contributed by atoms with E-state index in [0.717, 1.165) is 16.7 Å². The molecule has 0 bridgehead atoms. The highest BCUT2D eigenvalue weighted by molar-refractivity contribution is 7.92. The van der Waals surface area contributed by atoms with E-state index in [2.05, 4.69) is 25.8 Å². The average Bonchev–Trinajstić information content (AvgIpc) is 2.46. The lowest BCUT2D eigenvalue weighted by Gasteiger charge is -2.22. The number of pyridine rings is 1. The van der Waals surface area contributed by atoms with Gasteiger partial charge in [-0.2, -0.15) is 0 Å². The monoisotopic (exact) mass is 395 g/mol. The third kappa shape index (κ3) is 3.74. The number of H-pyrrole nitrogens is 1. The zero-order chi connectivity index (χ0) is 20.0. The van der Waals surface area contributed by atoms with Crippen molar-refractivity contribution in [1.82, 2.24) is 4.98 Å². The maximum atomic E-state index is 12.6. The van der Waals surface area contributed by atoms with Gasteiger partial charge in [-0.05, 0) is 50.3 Å². The summed E-state index contributed by atoms with van der Waals surface area (Å²) in [5, 5.41) is -0.0362. The molecule has 1 aromatic carbocycles. The number of halogens is 1. The molecule has 6 heteroatoms. The highest BCUT2D eigenvalue weighted by atomic mass is 35.5. The standard InChI is InChI=1S/C20H26ClNO3S/c1-11(2)26(24,25)19-13(4)22-17(10-18(19)23)14-9-16(21)15(8-12(14)3)20(5,6)7/h8-11H,1-7H3,(H,22,23). The maximum absolute atomic E-state index is 12.6. The van der Waals surface area contributed by atoms with E-state index < -0.39 is 20.5 Å². The van der Waals surface area contributed by atoms with Crippen LogP contribution in [0, 0.1) is 13.8 Å². The summed E-state index contributed by atoms with van der Waals surface area (Å²) in [7, 11) is -3.65. The molecule has 0 aliphatic carbocycles. The Bertz CT molecular complexity index is 1010. The number of aryl methyl sites for hydroxylation is 2. The predicted molar refractivity (Wildman–Crippen MR) is 108 cm³/mol. The summed E-state index contributed by atoms with van der Waals surface area (Å²) < 4.78 is 24.9. The molecule has 0 fully saturated rings. The molecule has 0 saturated heterocycles. The van der Waals surface area contributed by atoms with E-state index in [1.165, 1.54) is 6.07 Å². The number of benzene rings is 1. The quantitative estimate of drug-likeness (QED) is 0.812.